The average molecular weight is 263 g/mol. The standard InChI is InChI=1S/C11H15F2NO2S/c1-7-8(2)17-11(14-7)5-9(15)3-4-16-6-10(12)13/h10H,3-6H2,1-2H3. The van der Waals surface area contributed by atoms with Crippen LogP contribution in [0.2, 0.25) is 0 Å². The van der Waals surface area contributed by atoms with Crippen molar-refractivity contribution in [2.24, 2.45) is 0 Å². The van der Waals surface area contributed by atoms with Crippen molar-refractivity contribution in [2.75, 3.05) is 13.2 Å². The molecule has 0 fully saturated rings. The number of ether oxygens (including phenoxy) is 1. The number of aryl methyl sites for hydroxylation is 2. The smallest absolute Gasteiger partial charge is 0.261 e. The van der Waals surface area contributed by atoms with Crippen molar-refractivity contribution in [1.29, 1.82) is 0 Å². The Morgan fingerprint density at radius 2 is 2.18 bits per heavy atom. The molecule has 6 heteroatoms. The van der Waals surface area contributed by atoms with Gasteiger partial charge < -0.3 is 4.74 Å². The number of hydrogen-bond donors (Lipinski definition) is 0. The second kappa shape index (κ2) is 6.76. The van der Waals surface area contributed by atoms with Crippen molar-refractivity contribution in [3.05, 3.63) is 15.6 Å². The van der Waals surface area contributed by atoms with Gasteiger partial charge in [-0.3, -0.25) is 4.79 Å². The van der Waals surface area contributed by atoms with E-state index < -0.39 is 13.0 Å². The predicted octanol–water partition coefficient (Wildman–Crippen LogP) is 2.54. The Balaban J connectivity index is 2.25. The predicted molar refractivity (Wildman–Crippen MR) is 61.7 cm³/mol. The molecular formula is C11H15F2NO2S. The SMILES string of the molecule is Cc1nc(CC(=O)CCOCC(F)F)sc1C. The summed E-state index contributed by atoms with van der Waals surface area (Å²) in [6, 6.07) is 0. The van der Waals surface area contributed by atoms with Gasteiger partial charge in [0.2, 0.25) is 0 Å². The minimum absolute atomic E-state index is 0.0342. The van der Waals surface area contributed by atoms with Gasteiger partial charge in [-0.1, -0.05) is 0 Å². The molecule has 0 atom stereocenters. The second-order valence-corrected chi connectivity index (χ2v) is 4.97. The molecule has 3 nitrogen and oxygen atoms in total. The lowest BCUT2D eigenvalue weighted by atomic mass is 10.2. The van der Waals surface area contributed by atoms with E-state index in [2.05, 4.69) is 9.72 Å². The molecule has 1 heterocycles. The van der Waals surface area contributed by atoms with Gasteiger partial charge in [-0.15, -0.1) is 11.3 Å². The van der Waals surface area contributed by atoms with Crippen LogP contribution in [-0.4, -0.2) is 30.4 Å². The topological polar surface area (TPSA) is 39.2 Å². The number of nitrogens with zero attached hydrogens (tertiary/aromatic N) is 1. The lowest BCUT2D eigenvalue weighted by Crippen LogP contribution is -2.10. The maximum absolute atomic E-state index is 11.7. The Labute approximate surface area is 103 Å². The molecule has 1 rings (SSSR count). The van der Waals surface area contributed by atoms with Crippen molar-refractivity contribution in [1.82, 2.24) is 4.98 Å². The fourth-order valence-corrected chi connectivity index (χ4v) is 2.19. The summed E-state index contributed by atoms with van der Waals surface area (Å²) in [4.78, 5) is 16.8. The van der Waals surface area contributed by atoms with E-state index in [9.17, 15) is 13.6 Å². The fourth-order valence-electron chi connectivity index (χ4n) is 1.23. The lowest BCUT2D eigenvalue weighted by Gasteiger charge is -2.01. The Morgan fingerprint density at radius 1 is 1.47 bits per heavy atom. The van der Waals surface area contributed by atoms with Gasteiger partial charge in [0, 0.05) is 11.3 Å². The molecule has 0 radical (unpaired) electrons. The van der Waals surface area contributed by atoms with Crippen LogP contribution in [0.3, 0.4) is 0 Å². The third kappa shape index (κ3) is 5.32. The molecule has 0 aliphatic rings. The summed E-state index contributed by atoms with van der Waals surface area (Å²) in [6.07, 6.45) is -2.06. The van der Waals surface area contributed by atoms with Gasteiger partial charge in [-0.05, 0) is 13.8 Å². The molecule has 0 saturated heterocycles. The molecule has 0 bridgehead atoms. The quantitative estimate of drug-likeness (QED) is 0.710. The molecule has 0 saturated carbocycles. The van der Waals surface area contributed by atoms with Crippen LogP contribution in [0.1, 0.15) is 22.0 Å². The number of rotatable bonds is 7. The number of halogens is 2. The number of thiazole rings is 1. The molecular weight excluding hydrogens is 248 g/mol. The van der Waals surface area contributed by atoms with Gasteiger partial charge in [0.1, 0.15) is 17.4 Å². The highest BCUT2D eigenvalue weighted by atomic mass is 32.1. The van der Waals surface area contributed by atoms with Crippen molar-refractivity contribution >= 4 is 17.1 Å². The Morgan fingerprint density at radius 3 is 2.71 bits per heavy atom. The molecule has 0 aliphatic heterocycles. The summed E-state index contributed by atoms with van der Waals surface area (Å²) in [5.74, 6) is -0.0342. The third-order valence-corrected chi connectivity index (χ3v) is 3.26. The first-order valence-electron chi connectivity index (χ1n) is 5.29. The zero-order valence-electron chi connectivity index (χ0n) is 9.83. The van der Waals surface area contributed by atoms with Crippen molar-refractivity contribution in [3.8, 4) is 0 Å². The summed E-state index contributed by atoms with van der Waals surface area (Å²) in [6.45, 7) is 3.29. The maximum atomic E-state index is 11.7. The number of alkyl halides is 2. The van der Waals surface area contributed by atoms with E-state index in [-0.39, 0.29) is 25.2 Å². The average Bonchev–Trinajstić information content (AvgIpc) is 2.52. The number of hydrogen-bond acceptors (Lipinski definition) is 4. The van der Waals surface area contributed by atoms with Crippen molar-refractivity contribution in [2.45, 2.75) is 33.1 Å². The van der Waals surface area contributed by atoms with Crippen LogP contribution in [0.25, 0.3) is 0 Å². The minimum atomic E-state index is -2.48. The molecule has 0 N–H and O–H groups in total. The summed E-state index contributed by atoms with van der Waals surface area (Å²) in [7, 11) is 0. The van der Waals surface area contributed by atoms with E-state index in [4.69, 9.17) is 0 Å². The number of carbonyl (C=O) groups is 1. The van der Waals surface area contributed by atoms with Crippen LogP contribution in [0.5, 0.6) is 0 Å². The normalized spacial score (nSPS) is 11.1. The second-order valence-electron chi connectivity index (χ2n) is 3.68. The highest BCUT2D eigenvalue weighted by Crippen LogP contribution is 2.17. The van der Waals surface area contributed by atoms with Gasteiger partial charge in [-0.25, -0.2) is 13.8 Å². The van der Waals surface area contributed by atoms with Crippen LogP contribution >= 0.6 is 11.3 Å². The monoisotopic (exact) mass is 263 g/mol. The number of carbonyl (C=O) groups excluding carboxylic acids is 1. The summed E-state index contributed by atoms with van der Waals surface area (Å²) in [5.41, 5.74) is 0.937. The molecule has 0 unspecified atom stereocenters. The number of ketones is 1. The number of Topliss-reactive ketones (excluding diaryl/α,β-unsaturated/α-hetero) is 1. The molecule has 96 valence electrons. The van der Waals surface area contributed by atoms with E-state index in [1.807, 2.05) is 13.8 Å². The Bertz CT molecular complexity index is 360. The largest absolute Gasteiger partial charge is 0.375 e. The molecule has 0 aliphatic carbocycles. The molecule has 0 spiro atoms. The van der Waals surface area contributed by atoms with Gasteiger partial charge in [-0.2, -0.15) is 0 Å². The van der Waals surface area contributed by atoms with E-state index in [0.717, 1.165) is 15.6 Å². The van der Waals surface area contributed by atoms with E-state index in [0.29, 0.717) is 0 Å². The lowest BCUT2D eigenvalue weighted by molar-refractivity contribution is -0.119. The first-order chi connectivity index (χ1) is 7.99. The summed E-state index contributed by atoms with van der Waals surface area (Å²) in [5, 5.41) is 0.777. The van der Waals surface area contributed by atoms with Crippen LogP contribution in [0.15, 0.2) is 0 Å². The summed E-state index contributed by atoms with van der Waals surface area (Å²) >= 11 is 1.49. The third-order valence-electron chi connectivity index (χ3n) is 2.19. The van der Waals surface area contributed by atoms with E-state index in [1.165, 1.54) is 11.3 Å². The van der Waals surface area contributed by atoms with Gasteiger partial charge >= 0.3 is 0 Å². The molecule has 0 aromatic carbocycles. The first-order valence-corrected chi connectivity index (χ1v) is 6.11. The van der Waals surface area contributed by atoms with Gasteiger partial charge in [0.25, 0.3) is 6.43 Å². The molecule has 0 amide bonds. The van der Waals surface area contributed by atoms with Crippen molar-refractivity contribution in [3.63, 3.8) is 0 Å². The van der Waals surface area contributed by atoms with E-state index in [1.54, 1.807) is 0 Å². The highest BCUT2D eigenvalue weighted by Gasteiger charge is 2.10. The maximum Gasteiger partial charge on any atom is 0.261 e. The summed E-state index contributed by atoms with van der Waals surface area (Å²) < 4.78 is 28.1. The Kier molecular flexibility index (Phi) is 5.64. The van der Waals surface area contributed by atoms with E-state index >= 15 is 0 Å². The first kappa shape index (κ1) is 14.2. The Hall–Kier alpha value is -0.880. The van der Waals surface area contributed by atoms with Crippen LogP contribution in [-0.2, 0) is 16.0 Å². The van der Waals surface area contributed by atoms with Crippen LogP contribution < -0.4 is 0 Å². The minimum Gasteiger partial charge on any atom is -0.375 e. The molecule has 1 aromatic heterocycles. The molecule has 1 aromatic rings. The van der Waals surface area contributed by atoms with Crippen molar-refractivity contribution < 1.29 is 18.3 Å². The van der Waals surface area contributed by atoms with Crippen LogP contribution in [0.4, 0.5) is 8.78 Å². The van der Waals surface area contributed by atoms with Crippen LogP contribution in [0, 0.1) is 13.8 Å². The van der Waals surface area contributed by atoms with Gasteiger partial charge in [0.05, 0.1) is 18.7 Å². The van der Waals surface area contributed by atoms with Gasteiger partial charge in [0.15, 0.2) is 0 Å². The fraction of sp³-hybridized carbons (Fsp3) is 0.636. The molecule has 17 heavy (non-hydrogen) atoms. The zero-order chi connectivity index (χ0) is 12.8. The zero-order valence-corrected chi connectivity index (χ0v) is 10.7. The highest BCUT2D eigenvalue weighted by molar-refractivity contribution is 7.11. The number of aromatic nitrogens is 1.